The number of hydrogen-bond acceptors (Lipinski definition) is 3. The van der Waals surface area contributed by atoms with Gasteiger partial charge >= 0.3 is 0 Å². The molecule has 0 bridgehead atoms. The van der Waals surface area contributed by atoms with Gasteiger partial charge in [-0.1, -0.05) is 12.5 Å². The van der Waals surface area contributed by atoms with Gasteiger partial charge in [0, 0.05) is 39.8 Å². The number of aliphatic imine (C=N–C) groups is 1. The Morgan fingerprint density at radius 2 is 2.00 bits per heavy atom. The Labute approximate surface area is 172 Å². The third kappa shape index (κ3) is 11.8. The van der Waals surface area contributed by atoms with Crippen molar-refractivity contribution in [3.63, 3.8) is 0 Å². The van der Waals surface area contributed by atoms with Crippen LogP contribution in [0.3, 0.4) is 0 Å². The Balaban J connectivity index is 0.00000576. The molecular formula is C19H40IN5. The maximum Gasteiger partial charge on any atom is 0.193 e. The number of rotatable bonds is 10. The summed E-state index contributed by atoms with van der Waals surface area (Å²) in [5, 5.41) is 3.42. The van der Waals surface area contributed by atoms with Crippen molar-refractivity contribution in [2.24, 2.45) is 4.99 Å². The lowest BCUT2D eigenvalue weighted by atomic mass is 10.2. The first-order chi connectivity index (χ1) is 11.7. The predicted octanol–water partition coefficient (Wildman–Crippen LogP) is 2.89. The normalized spacial score (nSPS) is 16.8. The van der Waals surface area contributed by atoms with Crippen LogP contribution in [0.2, 0.25) is 0 Å². The Morgan fingerprint density at radius 3 is 2.72 bits per heavy atom. The van der Waals surface area contributed by atoms with E-state index in [0.717, 1.165) is 38.6 Å². The van der Waals surface area contributed by atoms with Gasteiger partial charge in [-0.3, -0.25) is 4.99 Å². The average molecular weight is 465 g/mol. The van der Waals surface area contributed by atoms with Gasteiger partial charge in [-0.15, -0.1) is 30.6 Å². The molecule has 25 heavy (non-hydrogen) atoms. The first kappa shape index (κ1) is 24.7. The van der Waals surface area contributed by atoms with Gasteiger partial charge in [-0.2, -0.15) is 0 Å². The molecule has 0 unspecified atom stereocenters. The summed E-state index contributed by atoms with van der Waals surface area (Å²) in [6.07, 6.45) is 8.13. The SMILES string of the molecule is C=CCCCCCN(C)C(=NCCN1CCCN(C)CC1)NCC.I. The summed E-state index contributed by atoms with van der Waals surface area (Å²) >= 11 is 0. The van der Waals surface area contributed by atoms with Crippen LogP contribution in [0.4, 0.5) is 0 Å². The first-order valence-electron chi connectivity index (χ1n) is 9.68. The molecular weight excluding hydrogens is 425 g/mol. The number of likely N-dealkylation sites (N-methyl/N-ethyl adjacent to an activating group) is 1. The van der Waals surface area contributed by atoms with E-state index in [9.17, 15) is 0 Å². The van der Waals surface area contributed by atoms with Crippen molar-refractivity contribution >= 4 is 29.9 Å². The summed E-state index contributed by atoms with van der Waals surface area (Å²) in [5.41, 5.74) is 0. The van der Waals surface area contributed by atoms with Gasteiger partial charge in [0.2, 0.25) is 0 Å². The summed E-state index contributed by atoms with van der Waals surface area (Å²) in [4.78, 5) is 12.1. The van der Waals surface area contributed by atoms with Crippen molar-refractivity contribution in [3.05, 3.63) is 12.7 Å². The van der Waals surface area contributed by atoms with Crippen LogP contribution in [0.1, 0.15) is 39.0 Å². The summed E-state index contributed by atoms with van der Waals surface area (Å²) in [6.45, 7) is 14.6. The molecule has 0 aliphatic carbocycles. The highest BCUT2D eigenvalue weighted by atomic mass is 127. The molecule has 1 rings (SSSR count). The molecule has 1 aliphatic rings. The summed E-state index contributed by atoms with van der Waals surface area (Å²) in [5.74, 6) is 1.05. The van der Waals surface area contributed by atoms with Crippen LogP contribution in [0, 0.1) is 0 Å². The number of unbranched alkanes of at least 4 members (excludes halogenated alkanes) is 3. The molecule has 1 aliphatic heterocycles. The smallest absolute Gasteiger partial charge is 0.193 e. The molecule has 0 aromatic rings. The zero-order valence-corrected chi connectivity index (χ0v) is 19.0. The lowest BCUT2D eigenvalue weighted by molar-refractivity contribution is 0.283. The van der Waals surface area contributed by atoms with E-state index in [2.05, 4.69) is 47.6 Å². The Kier molecular flexibility index (Phi) is 15.7. The van der Waals surface area contributed by atoms with Crippen molar-refractivity contribution in [1.29, 1.82) is 0 Å². The molecule has 1 N–H and O–H groups in total. The van der Waals surface area contributed by atoms with Gasteiger partial charge in [0.1, 0.15) is 0 Å². The van der Waals surface area contributed by atoms with Crippen LogP contribution in [-0.4, -0.2) is 87.1 Å². The second-order valence-electron chi connectivity index (χ2n) is 6.79. The Hall–Kier alpha value is -0.340. The van der Waals surface area contributed by atoms with Gasteiger partial charge < -0.3 is 20.0 Å². The second kappa shape index (κ2) is 15.9. The van der Waals surface area contributed by atoms with E-state index in [1.807, 2.05) is 6.08 Å². The second-order valence-corrected chi connectivity index (χ2v) is 6.79. The maximum atomic E-state index is 4.83. The minimum Gasteiger partial charge on any atom is -0.357 e. The van der Waals surface area contributed by atoms with E-state index in [0.29, 0.717) is 0 Å². The maximum absolute atomic E-state index is 4.83. The average Bonchev–Trinajstić information content (AvgIpc) is 2.78. The lowest BCUT2D eigenvalue weighted by Gasteiger charge is -2.23. The molecule has 0 aromatic carbocycles. The van der Waals surface area contributed by atoms with E-state index >= 15 is 0 Å². The quantitative estimate of drug-likeness (QED) is 0.177. The fourth-order valence-corrected chi connectivity index (χ4v) is 3.01. The molecule has 0 atom stereocenters. The number of guanidine groups is 1. The molecule has 0 spiro atoms. The highest BCUT2D eigenvalue weighted by Gasteiger charge is 2.11. The standard InChI is InChI=1S/C19H39N5.HI/c1-5-7-8-9-10-14-23(4)19(20-6-2)21-12-16-24-15-11-13-22(3)17-18-24;/h5H,1,6-18H2,2-4H3,(H,20,21);1H. The molecule has 148 valence electrons. The molecule has 1 fully saturated rings. The van der Waals surface area contributed by atoms with Crippen molar-refractivity contribution < 1.29 is 0 Å². The third-order valence-electron chi connectivity index (χ3n) is 4.59. The van der Waals surface area contributed by atoms with Gasteiger partial charge in [0.15, 0.2) is 5.96 Å². The van der Waals surface area contributed by atoms with Crippen LogP contribution in [-0.2, 0) is 0 Å². The van der Waals surface area contributed by atoms with Crippen LogP contribution < -0.4 is 5.32 Å². The predicted molar refractivity (Wildman–Crippen MR) is 121 cm³/mol. The Morgan fingerprint density at radius 1 is 1.20 bits per heavy atom. The largest absolute Gasteiger partial charge is 0.357 e. The minimum atomic E-state index is 0. The van der Waals surface area contributed by atoms with Crippen molar-refractivity contribution in [1.82, 2.24) is 20.0 Å². The van der Waals surface area contributed by atoms with E-state index < -0.39 is 0 Å². The molecule has 0 saturated carbocycles. The van der Waals surface area contributed by atoms with Crippen LogP contribution >= 0.6 is 24.0 Å². The minimum absolute atomic E-state index is 0. The number of hydrogen-bond donors (Lipinski definition) is 1. The van der Waals surface area contributed by atoms with Gasteiger partial charge in [0.25, 0.3) is 0 Å². The molecule has 1 saturated heterocycles. The van der Waals surface area contributed by atoms with Crippen molar-refractivity contribution in [2.75, 3.05) is 66.5 Å². The van der Waals surface area contributed by atoms with Crippen molar-refractivity contribution in [2.45, 2.75) is 39.0 Å². The van der Waals surface area contributed by atoms with E-state index in [-0.39, 0.29) is 24.0 Å². The van der Waals surface area contributed by atoms with E-state index in [1.54, 1.807) is 0 Å². The molecule has 0 aromatic heterocycles. The number of halogens is 1. The highest BCUT2D eigenvalue weighted by Crippen LogP contribution is 2.03. The topological polar surface area (TPSA) is 34.1 Å². The van der Waals surface area contributed by atoms with E-state index in [4.69, 9.17) is 4.99 Å². The summed E-state index contributed by atoms with van der Waals surface area (Å²) in [6, 6.07) is 0. The monoisotopic (exact) mass is 465 g/mol. The zero-order valence-electron chi connectivity index (χ0n) is 16.7. The van der Waals surface area contributed by atoms with Crippen LogP contribution in [0.5, 0.6) is 0 Å². The number of allylic oxidation sites excluding steroid dienone is 1. The van der Waals surface area contributed by atoms with Gasteiger partial charge in [0.05, 0.1) is 6.54 Å². The third-order valence-corrected chi connectivity index (χ3v) is 4.59. The number of nitrogens with one attached hydrogen (secondary N) is 1. The lowest BCUT2D eigenvalue weighted by Crippen LogP contribution is -2.40. The fraction of sp³-hybridized carbons (Fsp3) is 0.842. The van der Waals surface area contributed by atoms with Crippen molar-refractivity contribution in [3.8, 4) is 0 Å². The Bertz CT molecular complexity index is 362. The highest BCUT2D eigenvalue weighted by molar-refractivity contribution is 14.0. The zero-order chi connectivity index (χ0) is 17.6. The van der Waals surface area contributed by atoms with Gasteiger partial charge in [-0.05, 0) is 52.7 Å². The van der Waals surface area contributed by atoms with Gasteiger partial charge in [-0.25, -0.2) is 0 Å². The fourth-order valence-electron chi connectivity index (χ4n) is 3.01. The molecule has 1 heterocycles. The molecule has 0 radical (unpaired) electrons. The summed E-state index contributed by atoms with van der Waals surface area (Å²) < 4.78 is 0. The number of nitrogens with zero attached hydrogens (tertiary/aromatic N) is 4. The van der Waals surface area contributed by atoms with Crippen LogP contribution in [0.15, 0.2) is 17.6 Å². The molecule has 6 heteroatoms. The first-order valence-corrected chi connectivity index (χ1v) is 9.68. The van der Waals surface area contributed by atoms with Crippen LogP contribution in [0.25, 0.3) is 0 Å². The summed E-state index contributed by atoms with van der Waals surface area (Å²) in [7, 11) is 4.37. The molecule has 5 nitrogen and oxygen atoms in total. The molecule has 0 amide bonds. The van der Waals surface area contributed by atoms with E-state index in [1.165, 1.54) is 51.9 Å².